The lowest BCUT2D eigenvalue weighted by molar-refractivity contribution is -0.0435. The Morgan fingerprint density at radius 3 is 2.37 bits per heavy atom. The van der Waals surface area contributed by atoms with Crippen LogP contribution in [-0.2, 0) is 39.3 Å². The number of sulfone groups is 1. The minimum absolute atomic E-state index is 0.0347. The fourth-order valence-electron chi connectivity index (χ4n) is 7.03. The zero-order chi connectivity index (χ0) is 26.9. The molecule has 2 aliphatic carbocycles. The first-order chi connectivity index (χ1) is 17.9. The van der Waals surface area contributed by atoms with Crippen molar-refractivity contribution in [3.05, 3.63) is 46.6 Å². The van der Waals surface area contributed by atoms with E-state index in [9.17, 15) is 13.2 Å². The van der Waals surface area contributed by atoms with Crippen LogP contribution in [0.25, 0.3) is 0 Å². The summed E-state index contributed by atoms with van der Waals surface area (Å²) in [7, 11) is -3.55. The lowest BCUT2D eigenvalue weighted by Crippen LogP contribution is -2.62. The quantitative estimate of drug-likeness (QED) is 0.532. The summed E-state index contributed by atoms with van der Waals surface area (Å²) >= 11 is 0. The summed E-state index contributed by atoms with van der Waals surface area (Å²) in [6.45, 7) is 8.69. The normalized spacial score (nSPS) is 24.2. The summed E-state index contributed by atoms with van der Waals surface area (Å²) in [6.07, 6.45) is 7.65. The molecule has 3 heterocycles. The molecule has 0 N–H and O–H groups in total. The molecular formula is C29H38N4O4S. The van der Waals surface area contributed by atoms with Crippen LogP contribution < -0.4 is 4.90 Å². The molecule has 38 heavy (non-hydrogen) atoms. The molecule has 6 rings (SSSR count). The first kappa shape index (κ1) is 25.6. The zero-order valence-electron chi connectivity index (χ0n) is 22.9. The number of piperidine rings is 1. The maximum absolute atomic E-state index is 12.6. The number of aryl methyl sites for hydroxylation is 1. The van der Waals surface area contributed by atoms with Gasteiger partial charge >= 0.3 is 6.09 Å². The van der Waals surface area contributed by atoms with Gasteiger partial charge in [0, 0.05) is 48.8 Å². The van der Waals surface area contributed by atoms with Crippen LogP contribution in [-0.4, -0.2) is 67.4 Å². The summed E-state index contributed by atoms with van der Waals surface area (Å²) < 4.78 is 30.8. The maximum Gasteiger partial charge on any atom is 0.410 e. The molecule has 1 aromatic heterocycles. The highest BCUT2D eigenvalue weighted by Crippen LogP contribution is 2.49. The van der Waals surface area contributed by atoms with Gasteiger partial charge in [0.1, 0.15) is 11.4 Å². The molecule has 0 saturated carbocycles. The molecule has 1 aromatic carbocycles. The predicted molar refractivity (Wildman–Crippen MR) is 145 cm³/mol. The van der Waals surface area contributed by atoms with E-state index in [0.717, 1.165) is 75.1 Å². The van der Waals surface area contributed by atoms with Crippen molar-refractivity contribution >= 4 is 21.7 Å². The fraction of sp³-hybridized carbons (Fsp3) is 0.621. The highest BCUT2D eigenvalue weighted by Gasteiger charge is 2.49. The average Bonchev–Trinajstić information content (AvgIpc) is 3.18. The van der Waals surface area contributed by atoms with Crippen molar-refractivity contribution in [2.75, 3.05) is 37.3 Å². The number of carbonyl (C=O) groups is 1. The molecule has 204 valence electrons. The Bertz CT molecular complexity index is 1380. The van der Waals surface area contributed by atoms with Gasteiger partial charge in [-0.3, -0.25) is 0 Å². The van der Waals surface area contributed by atoms with Crippen LogP contribution in [0.15, 0.2) is 29.4 Å². The third-order valence-electron chi connectivity index (χ3n) is 9.03. The number of anilines is 1. The summed E-state index contributed by atoms with van der Waals surface area (Å²) in [5.41, 5.74) is 4.49. The molecule has 2 aliphatic heterocycles. The Hall–Kier alpha value is -2.68. The molecule has 1 atom stereocenters. The van der Waals surface area contributed by atoms with E-state index in [1.54, 1.807) is 4.90 Å². The number of amides is 1. The summed E-state index contributed by atoms with van der Waals surface area (Å²) in [6, 6.07) is 8.69. The maximum atomic E-state index is 12.6. The Kier molecular flexibility index (Phi) is 5.83. The van der Waals surface area contributed by atoms with E-state index in [0.29, 0.717) is 13.1 Å². The number of rotatable bonds is 2. The van der Waals surface area contributed by atoms with Gasteiger partial charge in [-0.05, 0) is 76.8 Å². The van der Waals surface area contributed by atoms with E-state index in [4.69, 9.17) is 4.74 Å². The molecule has 1 amide bonds. The van der Waals surface area contributed by atoms with Gasteiger partial charge in [-0.15, -0.1) is 0 Å². The van der Waals surface area contributed by atoms with Crippen LogP contribution in [0, 0.1) is 5.41 Å². The number of aromatic nitrogens is 2. The number of nitrogens with zero attached hydrogens (tertiary/aromatic N) is 4. The van der Waals surface area contributed by atoms with Gasteiger partial charge < -0.3 is 14.5 Å². The molecule has 2 spiro atoms. The smallest absolute Gasteiger partial charge is 0.410 e. The first-order valence-electron chi connectivity index (χ1n) is 13.8. The van der Waals surface area contributed by atoms with Crippen molar-refractivity contribution in [1.29, 1.82) is 0 Å². The SMILES string of the molecule is CC(C)(C)OC(=O)N1CC2(CCN(c3nc(S(C)(=O)=O)nc4c3CCC3(CCc5ccccc53)C4)CC2)C1. The van der Waals surface area contributed by atoms with Crippen LogP contribution >= 0.6 is 0 Å². The van der Waals surface area contributed by atoms with Crippen LogP contribution in [0.4, 0.5) is 10.6 Å². The van der Waals surface area contributed by atoms with E-state index < -0.39 is 15.4 Å². The predicted octanol–water partition coefficient (Wildman–Crippen LogP) is 4.09. The van der Waals surface area contributed by atoms with E-state index in [2.05, 4.69) is 39.1 Å². The standard InChI is InChI=1S/C29H38N4O4S/c1-27(2,3)37-26(34)33-18-28(19-33)13-15-32(16-14-28)24-21-10-12-29(11-9-20-7-5-6-8-22(20)29)17-23(21)30-25(31-24)38(4,35)36/h5-8H,9-19H2,1-4H3. The monoisotopic (exact) mass is 538 g/mol. The number of fused-ring (bicyclic) bond motifs is 3. The third kappa shape index (κ3) is 4.46. The molecule has 1 unspecified atom stereocenters. The number of likely N-dealkylation sites (tertiary alicyclic amines) is 1. The molecule has 0 bridgehead atoms. The number of hydrogen-bond donors (Lipinski definition) is 0. The Morgan fingerprint density at radius 1 is 1.00 bits per heavy atom. The van der Waals surface area contributed by atoms with Gasteiger partial charge in [0.05, 0.1) is 5.69 Å². The lowest BCUT2D eigenvalue weighted by Gasteiger charge is -2.54. The van der Waals surface area contributed by atoms with Crippen molar-refractivity contribution in [2.45, 2.75) is 81.9 Å². The lowest BCUT2D eigenvalue weighted by atomic mass is 9.69. The van der Waals surface area contributed by atoms with Crippen molar-refractivity contribution < 1.29 is 17.9 Å². The van der Waals surface area contributed by atoms with Gasteiger partial charge in [-0.1, -0.05) is 24.3 Å². The van der Waals surface area contributed by atoms with Crippen LogP contribution in [0.1, 0.15) is 68.8 Å². The van der Waals surface area contributed by atoms with Gasteiger partial charge in [-0.25, -0.2) is 23.2 Å². The summed E-state index contributed by atoms with van der Waals surface area (Å²) in [5.74, 6) is 0.801. The average molecular weight is 539 g/mol. The molecule has 9 heteroatoms. The molecule has 2 fully saturated rings. The van der Waals surface area contributed by atoms with Crippen molar-refractivity contribution in [2.24, 2.45) is 5.41 Å². The third-order valence-corrected chi connectivity index (χ3v) is 9.88. The second kappa shape index (κ2) is 8.66. The highest BCUT2D eigenvalue weighted by atomic mass is 32.2. The van der Waals surface area contributed by atoms with Crippen molar-refractivity contribution in [1.82, 2.24) is 14.9 Å². The topological polar surface area (TPSA) is 92.7 Å². The molecule has 8 nitrogen and oxygen atoms in total. The van der Waals surface area contributed by atoms with Crippen LogP contribution in [0.2, 0.25) is 0 Å². The van der Waals surface area contributed by atoms with E-state index in [-0.39, 0.29) is 22.1 Å². The van der Waals surface area contributed by atoms with Crippen molar-refractivity contribution in [3.8, 4) is 0 Å². The molecule has 0 radical (unpaired) electrons. The molecule has 4 aliphatic rings. The number of carbonyl (C=O) groups excluding carboxylic acids is 1. The van der Waals surface area contributed by atoms with Gasteiger partial charge in [-0.2, -0.15) is 0 Å². The summed E-state index contributed by atoms with van der Waals surface area (Å²) in [4.78, 5) is 25.8. The van der Waals surface area contributed by atoms with Crippen LogP contribution in [0.5, 0.6) is 0 Å². The second-order valence-corrected chi connectivity index (χ2v) is 14.9. The number of ether oxygens (including phenoxy) is 1. The number of benzene rings is 1. The van der Waals surface area contributed by atoms with Crippen molar-refractivity contribution in [3.63, 3.8) is 0 Å². The van der Waals surface area contributed by atoms with Gasteiger partial charge in [0.25, 0.3) is 0 Å². The zero-order valence-corrected chi connectivity index (χ0v) is 23.7. The van der Waals surface area contributed by atoms with E-state index in [1.165, 1.54) is 17.4 Å². The highest BCUT2D eigenvalue weighted by molar-refractivity contribution is 7.90. The second-order valence-electron chi connectivity index (χ2n) is 13.0. The van der Waals surface area contributed by atoms with Crippen LogP contribution in [0.3, 0.4) is 0 Å². The first-order valence-corrected chi connectivity index (χ1v) is 15.7. The minimum Gasteiger partial charge on any atom is -0.444 e. The van der Waals surface area contributed by atoms with Gasteiger partial charge in [0.2, 0.25) is 15.0 Å². The molecule has 2 saturated heterocycles. The summed E-state index contributed by atoms with van der Waals surface area (Å²) in [5, 5.41) is -0.0605. The minimum atomic E-state index is -3.55. The Balaban J connectivity index is 1.23. The fourth-order valence-corrected chi connectivity index (χ4v) is 7.56. The van der Waals surface area contributed by atoms with E-state index in [1.807, 2.05) is 20.8 Å². The van der Waals surface area contributed by atoms with E-state index >= 15 is 0 Å². The number of hydrogen-bond acceptors (Lipinski definition) is 7. The van der Waals surface area contributed by atoms with Gasteiger partial charge in [0.15, 0.2) is 0 Å². The largest absolute Gasteiger partial charge is 0.444 e. The Labute approximate surface area is 225 Å². The Morgan fingerprint density at radius 2 is 1.68 bits per heavy atom. The molecular weight excluding hydrogens is 500 g/mol. The molecule has 2 aromatic rings.